The van der Waals surface area contributed by atoms with Gasteiger partial charge in [0.05, 0.1) is 23.3 Å². The molecule has 1 aromatic heterocycles. The van der Waals surface area contributed by atoms with Crippen molar-refractivity contribution in [3.8, 4) is 0 Å². The van der Waals surface area contributed by atoms with Crippen molar-refractivity contribution in [3.63, 3.8) is 0 Å². The van der Waals surface area contributed by atoms with E-state index in [-0.39, 0.29) is 17.5 Å². The Labute approximate surface area is 174 Å². The third kappa shape index (κ3) is 3.87. The molecule has 0 bridgehead atoms. The molecule has 0 spiro atoms. The highest BCUT2D eigenvalue weighted by Gasteiger charge is 2.16. The summed E-state index contributed by atoms with van der Waals surface area (Å²) >= 11 is 0. The first kappa shape index (κ1) is 21.0. The van der Waals surface area contributed by atoms with Crippen molar-refractivity contribution in [1.82, 2.24) is 14.5 Å². The Morgan fingerprint density at radius 3 is 2.53 bits per heavy atom. The summed E-state index contributed by atoms with van der Waals surface area (Å²) in [7, 11) is 3.39. The molecular weight excluding hydrogens is 380 g/mol. The molecule has 0 aliphatic heterocycles. The number of fused-ring (bicyclic) bond motifs is 1. The van der Waals surface area contributed by atoms with E-state index in [4.69, 9.17) is 5.73 Å². The van der Waals surface area contributed by atoms with E-state index in [9.17, 15) is 14.4 Å². The second kappa shape index (κ2) is 8.32. The lowest BCUT2D eigenvalue weighted by atomic mass is 10.0. The lowest BCUT2D eigenvalue weighted by molar-refractivity contribution is -0.103. The van der Waals surface area contributed by atoms with Gasteiger partial charge in [-0.1, -0.05) is 18.2 Å². The maximum Gasteiger partial charge on any atom is 0.261 e. The molecule has 1 atom stereocenters. The van der Waals surface area contributed by atoms with Crippen LogP contribution < -0.4 is 11.3 Å². The summed E-state index contributed by atoms with van der Waals surface area (Å²) in [4.78, 5) is 42.6. The van der Waals surface area contributed by atoms with Gasteiger partial charge in [-0.25, -0.2) is 4.98 Å². The molecule has 0 aliphatic rings. The van der Waals surface area contributed by atoms with Crippen LogP contribution in [0.5, 0.6) is 0 Å². The van der Waals surface area contributed by atoms with Gasteiger partial charge >= 0.3 is 0 Å². The zero-order chi connectivity index (χ0) is 22.0. The fourth-order valence-corrected chi connectivity index (χ4v) is 3.32. The normalized spacial score (nSPS) is 12.9. The second-order valence-electron chi connectivity index (χ2n) is 7.40. The van der Waals surface area contributed by atoms with Gasteiger partial charge in [0.25, 0.3) is 11.5 Å². The first-order valence-corrected chi connectivity index (χ1v) is 9.49. The molecule has 0 saturated carbocycles. The molecule has 154 valence electrons. The van der Waals surface area contributed by atoms with Gasteiger partial charge in [0.15, 0.2) is 6.29 Å². The van der Waals surface area contributed by atoms with Crippen LogP contribution in [0.3, 0.4) is 0 Å². The Morgan fingerprint density at radius 1 is 1.17 bits per heavy atom. The molecule has 7 heteroatoms. The number of aldehydes is 1. The Hall–Kier alpha value is -3.74. The average molecular weight is 404 g/mol. The summed E-state index contributed by atoms with van der Waals surface area (Å²) in [5, 5.41) is 0.438. The van der Waals surface area contributed by atoms with Gasteiger partial charge in [0, 0.05) is 30.9 Å². The Balaban J connectivity index is 2.05. The summed E-state index contributed by atoms with van der Waals surface area (Å²) < 4.78 is 1.53. The van der Waals surface area contributed by atoms with E-state index in [1.54, 1.807) is 57.4 Å². The van der Waals surface area contributed by atoms with Crippen LogP contribution >= 0.6 is 0 Å². The molecule has 3 rings (SSSR count). The van der Waals surface area contributed by atoms with Gasteiger partial charge in [-0.15, -0.1) is 0 Å². The van der Waals surface area contributed by atoms with Gasteiger partial charge in [-0.05, 0) is 49.2 Å². The van der Waals surface area contributed by atoms with E-state index < -0.39 is 0 Å². The number of allylic oxidation sites excluding steroid dienone is 2. The molecule has 0 fully saturated rings. The zero-order valence-electron chi connectivity index (χ0n) is 17.4. The zero-order valence-corrected chi connectivity index (χ0v) is 17.4. The number of carbonyl (C=O) groups is 2. The number of aromatic nitrogens is 2. The number of nitrogens with zero attached hydrogens (tertiary/aromatic N) is 3. The van der Waals surface area contributed by atoms with Crippen LogP contribution in [0, 0.1) is 0 Å². The fourth-order valence-electron chi connectivity index (χ4n) is 3.32. The van der Waals surface area contributed by atoms with E-state index >= 15 is 0 Å². The molecule has 30 heavy (non-hydrogen) atoms. The number of benzene rings is 2. The second-order valence-corrected chi connectivity index (χ2v) is 7.40. The van der Waals surface area contributed by atoms with Crippen LogP contribution in [0.25, 0.3) is 16.5 Å². The lowest BCUT2D eigenvalue weighted by Gasteiger charge is -2.17. The van der Waals surface area contributed by atoms with E-state index in [0.29, 0.717) is 39.6 Å². The van der Waals surface area contributed by atoms with Crippen molar-refractivity contribution in [3.05, 3.63) is 81.5 Å². The van der Waals surface area contributed by atoms with Gasteiger partial charge < -0.3 is 10.6 Å². The van der Waals surface area contributed by atoms with E-state index in [0.717, 1.165) is 5.56 Å². The van der Waals surface area contributed by atoms with Crippen molar-refractivity contribution in [2.24, 2.45) is 5.73 Å². The summed E-state index contributed by atoms with van der Waals surface area (Å²) in [5.41, 5.74) is 8.82. The smallest absolute Gasteiger partial charge is 0.261 e. The third-order valence-electron chi connectivity index (χ3n) is 5.08. The highest BCUT2D eigenvalue weighted by molar-refractivity contribution is 6.08. The maximum absolute atomic E-state index is 13.1. The summed E-state index contributed by atoms with van der Waals surface area (Å²) in [6, 6.07) is 11.9. The van der Waals surface area contributed by atoms with E-state index in [2.05, 4.69) is 4.98 Å². The largest absolute Gasteiger partial charge is 0.402 e. The molecule has 0 radical (unpaired) electrons. The van der Waals surface area contributed by atoms with Crippen LogP contribution in [0.1, 0.15) is 41.4 Å². The number of amides is 1. The topological polar surface area (TPSA) is 98.3 Å². The average Bonchev–Trinajstić information content (AvgIpc) is 2.73. The minimum absolute atomic E-state index is 0.102. The van der Waals surface area contributed by atoms with Crippen LogP contribution in [-0.4, -0.2) is 40.7 Å². The van der Waals surface area contributed by atoms with Crippen molar-refractivity contribution < 1.29 is 9.59 Å². The van der Waals surface area contributed by atoms with Crippen molar-refractivity contribution in [2.45, 2.75) is 19.9 Å². The molecule has 1 heterocycles. The Kier molecular flexibility index (Phi) is 5.82. The predicted molar refractivity (Wildman–Crippen MR) is 117 cm³/mol. The van der Waals surface area contributed by atoms with Crippen LogP contribution in [0.4, 0.5) is 0 Å². The predicted octanol–water partition coefficient (Wildman–Crippen LogP) is 2.60. The highest BCUT2D eigenvalue weighted by Crippen LogP contribution is 2.21. The lowest BCUT2D eigenvalue weighted by Crippen LogP contribution is -2.25. The van der Waals surface area contributed by atoms with Crippen LogP contribution in [-0.2, 0) is 4.79 Å². The minimum atomic E-state index is -0.319. The Morgan fingerprint density at radius 2 is 1.90 bits per heavy atom. The SMILES string of the molecule is C/C(N)=C(/C=O)c1ccc2c(=O)n([C@H](C)c3cccc(C(=O)N(C)C)c3)cnc2c1. The number of hydrogen-bond acceptors (Lipinski definition) is 5. The molecular formula is C23H24N4O3. The molecule has 1 amide bonds. The first-order valence-electron chi connectivity index (χ1n) is 9.49. The number of rotatable bonds is 5. The minimum Gasteiger partial charge on any atom is -0.402 e. The summed E-state index contributed by atoms with van der Waals surface area (Å²) in [6.07, 6.45) is 2.18. The summed E-state index contributed by atoms with van der Waals surface area (Å²) in [6.45, 7) is 3.53. The molecule has 0 saturated heterocycles. The van der Waals surface area contributed by atoms with Gasteiger partial charge in [0.1, 0.15) is 0 Å². The van der Waals surface area contributed by atoms with E-state index in [1.807, 2.05) is 13.0 Å². The number of hydrogen-bond donors (Lipinski definition) is 1. The number of carbonyl (C=O) groups excluding carboxylic acids is 2. The quantitative estimate of drug-likeness (QED) is 0.521. The van der Waals surface area contributed by atoms with Gasteiger partial charge in [-0.2, -0.15) is 0 Å². The molecule has 0 aliphatic carbocycles. The van der Waals surface area contributed by atoms with Crippen molar-refractivity contribution in [2.75, 3.05) is 14.1 Å². The number of nitrogens with two attached hydrogens (primary N) is 1. The van der Waals surface area contributed by atoms with Gasteiger partial charge in [-0.3, -0.25) is 19.0 Å². The monoisotopic (exact) mass is 404 g/mol. The highest BCUT2D eigenvalue weighted by atomic mass is 16.2. The van der Waals surface area contributed by atoms with Crippen LogP contribution in [0.2, 0.25) is 0 Å². The molecule has 2 aromatic carbocycles. The molecule has 0 unspecified atom stereocenters. The molecule has 7 nitrogen and oxygen atoms in total. The van der Waals surface area contributed by atoms with Crippen molar-refractivity contribution >= 4 is 28.7 Å². The van der Waals surface area contributed by atoms with E-state index in [1.165, 1.54) is 15.8 Å². The summed E-state index contributed by atoms with van der Waals surface area (Å²) in [5.74, 6) is -0.102. The standard InChI is InChI=1S/C23H24N4O3/c1-14(24)20(12-28)17-8-9-19-21(11-17)25-13-27(23(19)30)15(2)16-6-5-7-18(10-16)22(29)26(3)4/h5-13,15H,24H2,1-4H3/b20-14+/t15-/m1/s1. The Bertz CT molecular complexity index is 1220. The maximum atomic E-state index is 13.1. The van der Waals surface area contributed by atoms with Crippen LogP contribution in [0.15, 0.2) is 59.3 Å². The first-order chi connectivity index (χ1) is 14.2. The molecule has 3 aromatic rings. The molecule has 2 N–H and O–H groups in total. The van der Waals surface area contributed by atoms with Gasteiger partial charge in [0.2, 0.25) is 0 Å². The third-order valence-corrected chi connectivity index (χ3v) is 5.08. The van der Waals surface area contributed by atoms with Crippen molar-refractivity contribution in [1.29, 1.82) is 0 Å². The fraction of sp³-hybridized carbons (Fsp3) is 0.217.